The standard InChI is InChI=1S/C11H14BrN3S.ClH/c1-2-7-15-11(5-6-14-15)13-8-9-3-4-10(12)16-9;/h3-6,13H,2,7-8H2,1H3;1H. The summed E-state index contributed by atoms with van der Waals surface area (Å²) in [5, 5.41) is 7.67. The summed E-state index contributed by atoms with van der Waals surface area (Å²) in [5.41, 5.74) is 0. The van der Waals surface area contributed by atoms with Gasteiger partial charge in [-0.15, -0.1) is 23.7 Å². The van der Waals surface area contributed by atoms with Crippen LogP contribution >= 0.6 is 39.7 Å². The van der Waals surface area contributed by atoms with Gasteiger partial charge in [0.15, 0.2) is 0 Å². The highest BCUT2D eigenvalue weighted by molar-refractivity contribution is 9.11. The van der Waals surface area contributed by atoms with Crippen molar-refractivity contribution in [3.05, 3.63) is 33.1 Å². The predicted octanol–water partition coefficient (Wildman–Crippen LogP) is 4.15. The first-order chi connectivity index (χ1) is 7.79. The Balaban J connectivity index is 0.00000144. The van der Waals surface area contributed by atoms with Crippen LogP contribution in [0.25, 0.3) is 0 Å². The third kappa shape index (κ3) is 4.01. The van der Waals surface area contributed by atoms with Crippen molar-refractivity contribution in [3.63, 3.8) is 0 Å². The number of anilines is 1. The lowest BCUT2D eigenvalue weighted by molar-refractivity contribution is 0.607. The maximum atomic E-state index is 4.27. The molecule has 0 aliphatic heterocycles. The van der Waals surface area contributed by atoms with Crippen molar-refractivity contribution >= 4 is 45.5 Å². The van der Waals surface area contributed by atoms with E-state index in [0.29, 0.717) is 0 Å². The van der Waals surface area contributed by atoms with E-state index in [9.17, 15) is 0 Å². The van der Waals surface area contributed by atoms with E-state index in [2.05, 4.69) is 45.4 Å². The molecule has 0 aliphatic rings. The zero-order valence-electron chi connectivity index (χ0n) is 9.52. The zero-order chi connectivity index (χ0) is 11.4. The molecule has 6 heteroatoms. The summed E-state index contributed by atoms with van der Waals surface area (Å²) in [6.07, 6.45) is 2.93. The number of aryl methyl sites for hydroxylation is 1. The second-order valence-corrected chi connectivity index (χ2v) is 6.05. The summed E-state index contributed by atoms with van der Waals surface area (Å²) < 4.78 is 3.18. The minimum Gasteiger partial charge on any atom is -0.365 e. The van der Waals surface area contributed by atoms with E-state index in [1.165, 1.54) is 8.66 Å². The second-order valence-electron chi connectivity index (χ2n) is 3.50. The van der Waals surface area contributed by atoms with Crippen LogP contribution < -0.4 is 5.32 Å². The van der Waals surface area contributed by atoms with Gasteiger partial charge >= 0.3 is 0 Å². The van der Waals surface area contributed by atoms with Crippen LogP contribution in [-0.4, -0.2) is 9.78 Å². The molecule has 1 N–H and O–H groups in total. The van der Waals surface area contributed by atoms with Crippen molar-refractivity contribution in [1.82, 2.24) is 9.78 Å². The average molecular weight is 337 g/mol. The molecule has 2 rings (SSSR count). The predicted molar refractivity (Wildman–Crippen MR) is 79.1 cm³/mol. The lowest BCUT2D eigenvalue weighted by Crippen LogP contribution is -2.07. The smallest absolute Gasteiger partial charge is 0.124 e. The molecule has 0 radical (unpaired) electrons. The van der Waals surface area contributed by atoms with Gasteiger partial charge in [0.05, 0.1) is 16.5 Å². The normalized spacial score (nSPS) is 10.0. The molecule has 0 spiro atoms. The number of hydrogen-bond donors (Lipinski definition) is 1. The number of nitrogens with one attached hydrogen (secondary N) is 1. The Morgan fingerprint density at radius 3 is 2.88 bits per heavy atom. The van der Waals surface area contributed by atoms with Crippen LogP contribution in [0.15, 0.2) is 28.2 Å². The first-order valence-electron chi connectivity index (χ1n) is 5.29. The number of thiophene rings is 1. The Bertz CT molecular complexity index is 455. The van der Waals surface area contributed by atoms with Crippen LogP contribution in [0.3, 0.4) is 0 Å². The molecule has 0 fully saturated rings. The molecular weight excluding hydrogens is 322 g/mol. The molecule has 0 unspecified atom stereocenters. The van der Waals surface area contributed by atoms with Gasteiger partial charge in [0.1, 0.15) is 5.82 Å². The molecule has 0 saturated carbocycles. The maximum Gasteiger partial charge on any atom is 0.124 e. The molecule has 0 aliphatic carbocycles. The van der Waals surface area contributed by atoms with Gasteiger partial charge in [-0.3, -0.25) is 0 Å². The monoisotopic (exact) mass is 335 g/mol. The van der Waals surface area contributed by atoms with Gasteiger partial charge in [0, 0.05) is 17.5 Å². The lowest BCUT2D eigenvalue weighted by atomic mass is 10.4. The number of halogens is 2. The largest absolute Gasteiger partial charge is 0.365 e. The number of aromatic nitrogens is 2. The molecule has 2 aromatic heterocycles. The van der Waals surface area contributed by atoms with Gasteiger partial charge in [-0.1, -0.05) is 6.92 Å². The van der Waals surface area contributed by atoms with Crippen LogP contribution in [0, 0.1) is 0 Å². The topological polar surface area (TPSA) is 29.9 Å². The van der Waals surface area contributed by atoms with Gasteiger partial charge in [0.2, 0.25) is 0 Å². The Labute approximate surface area is 120 Å². The molecule has 2 aromatic rings. The first-order valence-corrected chi connectivity index (χ1v) is 6.90. The number of rotatable bonds is 5. The fourth-order valence-electron chi connectivity index (χ4n) is 1.50. The molecule has 17 heavy (non-hydrogen) atoms. The third-order valence-corrected chi connectivity index (χ3v) is 3.85. The summed E-state index contributed by atoms with van der Waals surface area (Å²) in [7, 11) is 0. The van der Waals surface area contributed by atoms with E-state index in [1.807, 2.05) is 16.9 Å². The van der Waals surface area contributed by atoms with Crippen molar-refractivity contribution in [2.75, 3.05) is 5.32 Å². The Kier molecular flexibility index (Phi) is 6.02. The summed E-state index contributed by atoms with van der Waals surface area (Å²) in [6.45, 7) is 3.97. The maximum absolute atomic E-state index is 4.27. The number of nitrogens with zero attached hydrogens (tertiary/aromatic N) is 2. The molecule has 0 amide bonds. The summed E-state index contributed by atoms with van der Waals surface area (Å²) in [4.78, 5) is 1.32. The number of hydrogen-bond acceptors (Lipinski definition) is 3. The highest BCUT2D eigenvalue weighted by Crippen LogP contribution is 2.22. The molecule has 3 nitrogen and oxygen atoms in total. The van der Waals surface area contributed by atoms with E-state index in [0.717, 1.165) is 25.3 Å². The van der Waals surface area contributed by atoms with E-state index < -0.39 is 0 Å². The van der Waals surface area contributed by atoms with Gasteiger partial charge < -0.3 is 5.32 Å². The highest BCUT2D eigenvalue weighted by atomic mass is 79.9. The van der Waals surface area contributed by atoms with E-state index in [1.54, 1.807) is 11.3 Å². The minimum absolute atomic E-state index is 0. The molecule has 0 aromatic carbocycles. The molecule has 0 bridgehead atoms. The highest BCUT2D eigenvalue weighted by Gasteiger charge is 2.02. The van der Waals surface area contributed by atoms with Crippen LogP contribution in [0.1, 0.15) is 18.2 Å². The Hall–Kier alpha value is -0.520. The van der Waals surface area contributed by atoms with Crippen LogP contribution in [-0.2, 0) is 13.1 Å². The minimum atomic E-state index is 0. The van der Waals surface area contributed by atoms with E-state index >= 15 is 0 Å². The fourth-order valence-corrected chi connectivity index (χ4v) is 2.92. The van der Waals surface area contributed by atoms with Crippen LogP contribution in [0.5, 0.6) is 0 Å². The van der Waals surface area contributed by atoms with Crippen molar-refractivity contribution in [2.45, 2.75) is 26.4 Å². The van der Waals surface area contributed by atoms with Crippen molar-refractivity contribution in [2.24, 2.45) is 0 Å². The molecule has 94 valence electrons. The quantitative estimate of drug-likeness (QED) is 0.889. The lowest BCUT2D eigenvalue weighted by Gasteiger charge is -2.07. The van der Waals surface area contributed by atoms with Crippen LogP contribution in [0.2, 0.25) is 0 Å². The molecule has 2 heterocycles. The van der Waals surface area contributed by atoms with Crippen molar-refractivity contribution in [3.8, 4) is 0 Å². The first kappa shape index (κ1) is 14.5. The van der Waals surface area contributed by atoms with Crippen molar-refractivity contribution < 1.29 is 0 Å². The summed E-state index contributed by atoms with van der Waals surface area (Å²) >= 11 is 5.22. The molecule has 0 atom stereocenters. The fraction of sp³-hybridized carbons (Fsp3) is 0.364. The summed E-state index contributed by atoms with van der Waals surface area (Å²) in [6, 6.07) is 6.21. The van der Waals surface area contributed by atoms with E-state index in [4.69, 9.17) is 0 Å². The van der Waals surface area contributed by atoms with Crippen LogP contribution in [0.4, 0.5) is 5.82 Å². The Morgan fingerprint density at radius 2 is 2.24 bits per heavy atom. The SMILES string of the molecule is CCCn1nccc1NCc1ccc(Br)s1.Cl. The van der Waals surface area contributed by atoms with Gasteiger partial charge in [-0.25, -0.2) is 4.68 Å². The van der Waals surface area contributed by atoms with E-state index in [-0.39, 0.29) is 12.4 Å². The van der Waals surface area contributed by atoms with Gasteiger partial charge in [-0.05, 0) is 34.5 Å². The molecular formula is C11H15BrClN3S. The second kappa shape index (κ2) is 7.03. The van der Waals surface area contributed by atoms with Crippen molar-refractivity contribution in [1.29, 1.82) is 0 Å². The average Bonchev–Trinajstić information content (AvgIpc) is 2.85. The summed E-state index contributed by atoms with van der Waals surface area (Å²) in [5.74, 6) is 1.09. The Morgan fingerprint density at radius 1 is 1.41 bits per heavy atom. The molecule has 0 saturated heterocycles. The van der Waals surface area contributed by atoms with Gasteiger partial charge in [0.25, 0.3) is 0 Å². The van der Waals surface area contributed by atoms with Gasteiger partial charge in [-0.2, -0.15) is 5.10 Å². The third-order valence-electron chi connectivity index (χ3n) is 2.22. The zero-order valence-corrected chi connectivity index (χ0v) is 12.7.